The van der Waals surface area contributed by atoms with Gasteiger partial charge < -0.3 is 20.1 Å². The number of hydrogen-bond acceptors (Lipinski definition) is 5. The van der Waals surface area contributed by atoms with Crippen LogP contribution in [-0.4, -0.2) is 44.9 Å². The summed E-state index contributed by atoms with van der Waals surface area (Å²) in [5.74, 6) is -0.574. The largest absolute Gasteiger partial charge is 0.394 e. The Balaban J connectivity index is 3.04. The summed E-state index contributed by atoms with van der Waals surface area (Å²) in [7, 11) is 0. The van der Waals surface area contributed by atoms with E-state index in [9.17, 15) is 14.9 Å². The van der Waals surface area contributed by atoms with Gasteiger partial charge in [0.15, 0.2) is 0 Å². The zero-order valence-electron chi connectivity index (χ0n) is 10.7. The third-order valence-electron chi connectivity index (χ3n) is 2.61. The second-order valence-corrected chi connectivity index (χ2v) is 4.38. The Labute approximate surface area is 109 Å². The lowest BCUT2D eigenvalue weighted by Gasteiger charge is -2.16. The van der Waals surface area contributed by atoms with Gasteiger partial charge in [0.25, 0.3) is 11.6 Å². The molecule has 0 unspecified atom stereocenters. The number of amides is 1. The Bertz CT molecular complexity index is 465. The molecule has 0 aliphatic rings. The van der Waals surface area contributed by atoms with E-state index in [2.05, 4.69) is 5.32 Å². The predicted molar refractivity (Wildman–Crippen MR) is 66.9 cm³/mol. The summed E-state index contributed by atoms with van der Waals surface area (Å²) in [6, 6.07) is 0.249. The number of carbonyl (C=O) groups excluding carboxylic acids is 1. The van der Waals surface area contributed by atoms with E-state index in [0.717, 1.165) is 0 Å². The van der Waals surface area contributed by atoms with Crippen LogP contribution in [0, 0.1) is 10.1 Å². The van der Waals surface area contributed by atoms with Crippen LogP contribution in [0.15, 0.2) is 12.3 Å². The third-order valence-corrected chi connectivity index (χ3v) is 2.61. The first-order valence-electron chi connectivity index (χ1n) is 5.79. The zero-order chi connectivity index (χ0) is 14.6. The SMILES string of the molecule is CC(C)n1cc([N+](=O)[O-])cc1C(=O)NC(CO)CO. The van der Waals surface area contributed by atoms with E-state index in [4.69, 9.17) is 10.2 Å². The first kappa shape index (κ1) is 15.1. The minimum absolute atomic E-state index is 0.119. The van der Waals surface area contributed by atoms with Crippen molar-refractivity contribution in [2.75, 3.05) is 13.2 Å². The maximum absolute atomic E-state index is 12.0. The van der Waals surface area contributed by atoms with Crippen LogP contribution in [0.2, 0.25) is 0 Å². The number of rotatable bonds is 6. The van der Waals surface area contributed by atoms with Gasteiger partial charge in [-0.25, -0.2) is 0 Å². The lowest BCUT2D eigenvalue weighted by Crippen LogP contribution is -2.40. The van der Waals surface area contributed by atoms with E-state index in [1.165, 1.54) is 16.8 Å². The molecule has 1 aromatic rings. The van der Waals surface area contributed by atoms with Crippen LogP contribution >= 0.6 is 0 Å². The Morgan fingerprint density at radius 1 is 1.47 bits per heavy atom. The van der Waals surface area contributed by atoms with E-state index in [1.54, 1.807) is 13.8 Å². The van der Waals surface area contributed by atoms with Gasteiger partial charge in [0.2, 0.25) is 0 Å². The van der Waals surface area contributed by atoms with Crippen LogP contribution in [0.4, 0.5) is 5.69 Å². The van der Waals surface area contributed by atoms with Crippen molar-refractivity contribution >= 4 is 11.6 Å². The second-order valence-electron chi connectivity index (χ2n) is 4.38. The van der Waals surface area contributed by atoms with E-state index >= 15 is 0 Å². The minimum atomic E-state index is -0.790. The van der Waals surface area contributed by atoms with Gasteiger partial charge in [0.1, 0.15) is 5.69 Å². The predicted octanol–water partition coefficient (Wildman–Crippen LogP) is 0.0602. The molecule has 1 rings (SSSR count). The summed E-state index contributed by atoms with van der Waals surface area (Å²) >= 11 is 0. The number of aliphatic hydroxyl groups is 2. The topological polar surface area (TPSA) is 118 Å². The third kappa shape index (κ3) is 3.52. The fraction of sp³-hybridized carbons (Fsp3) is 0.545. The van der Waals surface area contributed by atoms with E-state index in [1.807, 2.05) is 0 Å². The highest BCUT2D eigenvalue weighted by atomic mass is 16.6. The molecule has 0 bridgehead atoms. The number of nitrogens with zero attached hydrogens (tertiary/aromatic N) is 2. The number of hydrogen-bond donors (Lipinski definition) is 3. The molecule has 0 fully saturated rings. The highest BCUT2D eigenvalue weighted by Gasteiger charge is 2.22. The van der Waals surface area contributed by atoms with E-state index < -0.39 is 30.1 Å². The van der Waals surface area contributed by atoms with Gasteiger partial charge >= 0.3 is 0 Å². The average molecular weight is 271 g/mol. The van der Waals surface area contributed by atoms with Gasteiger partial charge in [-0.15, -0.1) is 0 Å². The molecule has 19 heavy (non-hydrogen) atoms. The normalized spacial score (nSPS) is 11.1. The van der Waals surface area contributed by atoms with Gasteiger partial charge in [-0.05, 0) is 13.8 Å². The van der Waals surface area contributed by atoms with Crippen molar-refractivity contribution in [2.45, 2.75) is 25.9 Å². The zero-order valence-corrected chi connectivity index (χ0v) is 10.7. The van der Waals surface area contributed by atoms with Crippen LogP contribution in [0.1, 0.15) is 30.4 Å². The molecular formula is C11H17N3O5. The Hall–Kier alpha value is -1.93. The van der Waals surface area contributed by atoms with Crippen LogP contribution in [0.5, 0.6) is 0 Å². The average Bonchev–Trinajstić information content (AvgIpc) is 2.81. The van der Waals surface area contributed by atoms with Gasteiger partial charge in [-0.3, -0.25) is 14.9 Å². The van der Waals surface area contributed by atoms with Crippen LogP contribution < -0.4 is 5.32 Å². The Morgan fingerprint density at radius 2 is 2.05 bits per heavy atom. The number of aliphatic hydroxyl groups excluding tert-OH is 2. The van der Waals surface area contributed by atoms with Crippen molar-refractivity contribution in [2.24, 2.45) is 0 Å². The standard InChI is InChI=1S/C11H17N3O5/c1-7(2)13-4-9(14(18)19)3-10(13)11(17)12-8(5-15)6-16/h3-4,7-8,15-16H,5-6H2,1-2H3,(H,12,17). The van der Waals surface area contributed by atoms with Crippen LogP contribution in [0.3, 0.4) is 0 Å². The monoisotopic (exact) mass is 271 g/mol. The summed E-state index contributed by atoms with van der Waals surface area (Å²) in [6.45, 7) is 2.76. The van der Waals surface area contributed by atoms with Crippen molar-refractivity contribution < 1.29 is 19.9 Å². The van der Waals surface area contributed by atoms with Gasteiger partial charge in [0.05, 0.1) is 30.4 Å². The quantitative estimate of drug-likeness (QED) is 0.499. The second kappa shape index (κ2) is 6.30. The van der Waals surface area contributed by atoms with Crippen molar-refractivity contribution in [3.05, 3.63) is 28.1 Å². The Morgan fingerprint density at radius 3 is 2.47 bits per heavy atom. The van der Waals surface area contributed by atoms with Gasteiger partial charge in [-0.2, -0.15) is 0 Å². The van der Waals surface area contributed by atoms with Crippen molar-refractivity contribution in [3.8, 4) is 0 Å². The number of aromatic nitrogens is 1. The molecule has 0 spiro atoms. The molecule has 8 nitrogen and oxygen atoms in total. The molecule has 1 aromatic heterocycles. The summed E-state index contributed by atoms with van der Waals surface area (Å²) in [5.41, 5.74) is -0.0583. The highest BCUT2D eigenvalue weighted by molar-refractivity contribution is 5.93. The first-order chi connectivity index (χ1) is 8.90. The molecule has 1 amide bonds. The number of carbonyl (C=O) groups is 1. The molecule has 0 aliphatic heterocycles. The summed E-state index contributed by atoms with van der Waals surface area (Å²) in [4.78, 5) is 22.1. The van der Waals surface area contributed by atoms with Crippen LogP contribution in [0.25, 0.3) is 0 Å². The fourth-order valence-electron chi connectivity index (χ4n) is 1.58. The minimum Gasteiger partial charge on any atom is -0.394 e. The molecule has 0 aliphatic carbocycles. The maximum Gasteiger partial charge on any atom is 0.287 e. The Kier molecular flexibility index (Phi) is 5.02. The lowest BCUT2D eigenvalue weighted by molar-refractivity contribution is -0.384. The van der Waals surface area contributed by atoms with Gasteiger partial charge in [0, 0.05) is 12.1 Å². The first-order valence-corrected chi connectivity index (χ1v) is 5.79. The van der Waals surface area contributed by atoms with Crippen LogP contribution in [-0.2, 0) is 0 Å². The molecule has 3 N–H and O–H groups in total. The molecule has 0 atom stereocenters. The van der Waals surface area contributed by atoms with Gasteiger partial charge in [-0.1, -0.05) is 0 Å². The molecule has 1 heterocycles. The van der Waals surface area contributed by atoms with Crippen molar-refractivity contribution in [1.29, 1.82) is 0 Å². The molecule has 0 aromatic carbocycles. The molecule has 106 valence electrons. The van der Waals surface area contributed by atoms with E-state index in [-0.39, 0.29) is 17.4 Å². The molecule has 8 heteroatoms. The molecule has 0 saturated carbocycles. The summed E-state index contributed by atoms with van der Waals surface area (Å²) in [5, 5.41) is 30.9. The number of nitro groups is 1. The molecular weight excluding hydrogens is 254 g/mol. The summed E-state index contributed by atoms with van der Waals surface area (Å²) in [6.07, 6.45) is 1.28. The smallest absolute Gasteiger partial charge is 0.287 e. The number of nitrogens with one attached hydrogen (secondary N) is 1. The molecule has 0 radical (unpaired) electrons. The van der Waals surface area contributed by atoms with Crippen molar-refractivity contribution in [3.63, 3.8) is 0 Å². The summed E-state index contributed by atoms with van der Waals surface area (Å²) < 4.78 is 1.47. The van der Waals surface area contributed by atoms with Crippen molar-refractivity contribution in [1.82, 2.24) is 9.88 Å². The fourth-order valence-corrected chi connectivity index (χ4v) is 1.58. The maximum atomic E-state index is 12.0. The highest BCUT2D eigenvalue weighted by Crippen LogP contribution is 2.20. The molecule has 0 saturated heterocycles. The van der Waals surface area contributed by atoms with E-state index in [0.29, 0.717) is 0 Å². The lowest BCUT2D eigenvalue weighted by atomic mass is 10.3.